The fourth-order valence-electron chi connectivity index (χ4n) is 1.29. The summed E-state index contributed by atoms with van der Waals surface area (Å²) in [6.45, 7) is 0. The van der Waals surface area contributed by atoms with Crippen molar-refractivity contribution in [3.63, 3.8) is 0 Å². The van der Waals surface area contributed by atoms with Crippen molar-refractivity contribution in [2.45, 2.75) is 5.03 Å². The lowest BCUT2D eigenvalue weighted by Crippen LogP contribution is -1.93. The first-order valence-corrected chi connectivity index (χ1v) is 6.18. The summed E-state index contributed by atoms with van der Waals surface area (Å²) in [5.74, 6) is -0.503. The third-order valence-electron chi connectivity index (χ3n) is 2.17. The molecule has 0 aliphatic carbocycles. The number of rotatable bonds is 4. The van der Waals surface area contributed by atoms with Gasteiger partial charge in [-0.1, -0.05) is 17.8 Å². The van der Waals surface area contributed by atoms with Crippen molar-refractivity contribution in [1.82, 2.24) is 4.98 Å². The fraction of sp³-hybridized carbons (Fsp3) is 0. The summed E-state index contributed by atoms with van der Waals surface area (Å²) >= 11 is 1.36. The maximum Gasteiger partial charge on any atom is 0.186 e. The summed E-state index contributed by atoms with van der Waals surface area (Å²) < 4.78 is 12.7. The maximum atomic E-state index is 12.7. The lowest BCUT2D eigenvalue weighted by molar-refractivity contribution is 0.104. The number of thioether (sulfide) groups is 1. The molecule has 0 atom stereocenters. The van der Waals surface area contributed by atoms with E-state index >= 15 is 0 Å². The predicted molar refractivity (Wildman–Crippen MR) is 70.0 cm³/mol. The van der Waals surface area contributed by atoms with Gasteiger partial charge >= 0.3 is 0 Å². The van der Waals surface area contributed by atoms with E-state index in [1.54, 1.807) is 11.6 Å². The Labute approximate surface area is 109 Å². The van der Waals surface area contributed by atoms with E-state index in [0.717, 1.165) is 5.03 Å². The van der Waals surface area contributed by atoms with Crippen LogP contribution in [-0.2, 0) is 0 Å². The second-order valence-corrected chi connectivity index (χ2v) is 4.39. The molecule has 0 radical (unpaired) electrons. The van der Waals surface area contributed by atoms with Crippen LogP contribution < -0.4 is 0 Å². The van der Waals surface area contributed by atoms with E-state index in [4.69, 9.17) is 0 Å². The zero-order valence-corrected chi connectivity index (χ0v) is 10.2. The Bertz CT molecular complexity index is 552. The molecule has 2 nitrogen and oxygen atoms in total. The molecule has 0 aliphatic rings. The molecular weight excluding hydrogens is 249 g/mol. The Morgan fingerprint density at radius 3 is 2.61 bits per heavy atom. The van der Waals surface area contributed by atoms with Crippen molar-refractivity contribution in [3.05, 3.63) is 71.5 Å². The first-order valence-electron chi connectivity index (χ1n) is 5.30. The number of carbonyl (C=O) groups excluding carboxylic acids is 1. The van der Waals surface area contributed by atoms with Gasteiger partial charge in [-0.15, -0.1) is 0 Å². The summed E-state index contributed by atoms with van der Waals surface area (Å²) in [5, 5.41) is 2.49. The highest BCUT2D eigenvalue weighted by atomic mass is 32.2. The van der Waals surface area contributed by atoms with E-state index in [9.17, 15) is 9.18 Å². The van der Waals surface area contributed by atoms with Gasteiger partial charge in [0.2, 0.25) is 0 Å². The molecule has 0 aliphatic heterocycles. The van der Waals surface area contributed by atoms with Crippen LogP contribution in [0.3, 0.4) is 0 Å². The molecule has 0 N–H and O–H groups in total. The van der Waals surface area contributed by atoms with Crippen LogP contribution in [0, 0.1) is 5.82 Å². The van der Waals surface area contributed by atoms with Gasteiger partial charge in [-0.05, 0) is 47.9 Å². The molecule has 2 aromatic rings. The lowest BCUT2D eigenvalue weighted by atomic mass is 10.1. The normalized spacial score (nSPS) is 10.7. The molecule has 2 rings (SSSR count). The summed E-state index contributed by atoms with van der Waals surface area (Å²) in [5.41, 5.74) is 0.467. The van der Waals surface area contributed by atoms with Crippen molar-refractivity contribution < 1.29 is 9.18 Å². The minimum Gasteiger partial charge on any atom is -0.289 e. The number of benzene rings is 1. The number of hydrogen-bond acceptors (Lipinski definition) is 3. The van der Waals surface area contributed by atoms with Gasteiger partial charge in [-0.25, -0.2) is 9.37 Å². The van der Waals surface area contributed by atoms with Crippen molar-refractivity contribution in [2.75, 3.05) is 0 Å². The van der Waals surface area contributed by atoms with Gasteiger partial charge in [0.15, 0.2) is 5.78 Å². The summed E-state index contributed by atoms with van der Waals surface area (Å²) in [6, 6.07) is 11.0. The van der Waals surface area contributed by atoms with Crippen molar-refractivity contribution >= 4 is 17.5 Å². The number of nitrogens with zero attached hydrogens (tertiary/aromatic N) is 1. The average molecular weight is 259 g/mol. The monoisotopic (exact) mass is 259 g/mol. The molecule has 4 heteroatoms. The fourth-order valence-corrected chi connectivity index (χ4v) is 1.90. The highest BCUT2D eigenvalue weighted by molar-refractivity contribution is 8.02. The number of carbonyl (C=O) groups is 1. The average Bonchev–Trinajstić information content (AvgIpc) is 2.40. The van der Waals surface area contributed by atoms with Gasteiger partial charge < -0.3 is 0 Å². The minimum atomic E-state index is -0.349. The van der Waals surface area contributed by atoms with Crippen molar-refractivity contribution in [3.8, 4) is 0 Å². The van der Waals surface area contributed by atoms with Gasteiger partial charge in [0.1, 0.15) is 10.8 Å². The van der Waals surface area contributed by atoms with E-state index in [1.807, 2.05) is 18.2 Å². The second-order valence-electron chi connectivity index (χ2n) is 3.46. The third kappa shape index (κ3) is 3.53. The number of halogens is 1. The van der Waals surface area contributed by atoms with Crippen LogP contribution in [0.1, 0.15) is 10.4 Å². The Morgan fingerprint density at radius 2 is 1.94 bits per heavy atom. The zero-order chi connectivity index (χ0) is 12.8. The van der Waals surface area contributed by atoms with E-state index in [0.29, 0.717) is 5.56 Å². The Morgan fingerprint density at radius 1 is 1.17 bits per heavy atom. The molecular formula is C14H10FNOS. The molecule has 18 heavy (non-hydrogen) atoms. The maximum absolute atomic E-state index is 12.7. The van der Waals surface area contributed by atoms with Gasteiger partial charge in [-0.2, -0.15) is 0 Å². The minimum absolute atomic E-state index is 0.154. The van der Waals surface area contributed by atoms with Crippen LogP contribution >= 0.6 is 11.8 Å². The van der Waals surface area contributed by atoms with Crippen LogP contribution in [0.2, 0.25) is 0 Å². The SMILES string of the molecule is O=C(C=CSc1ccccn1)c1ccc(F)cc1. The highest BCUT2D eigenvalue weighted by Crippen LogP contribution is 2.15. The van der Waals surface area contributed by atoms with Crippen LogP contribution in [-0.4, -0.2) is 10.8 Å². The smallest absolute Gasteiger partial charge is 0.186 e. The van der Waals surface area contributed by atoms with Gasteiger partial charge in [0.05, 0.1) is 0 Å². The summed E-state index contributed by atoms with van der Waals surface area (Å²) in [6.07, 6.45) is 3.14. The predicted octanol–water partition coefficient (Wildman–Crippen LogP) is 3.71. The molecule has 90 valence electrons. The number of hydrogen-bond donors (Lipinski definition) is 0. The van der Waals surface area contributed by atoms with Gasteiger partial charge in [-0.3, -0.25) is 4.79 Å². The van der Waals surface area contributed by atoms with E-state index in [2.05, 4.69) is 4.98 Å². The van der Waals surface area contributed by atoms with Crippen molar-refractivity contribution in [1.29, 1.82) is 0 Å². The molecule has 1 aromatic heterocycles. The van der Waals surface area contributed by atoms with E-state index < -0.39 is 0 Å². The van der Waals surface area contributed by atoms with E-state index in [-0.39, 0.29) is 11.6 Å². The van der Waals surface area contributed by atoms with Crippen molar-refractivity contribution in [2.24, 2.45) is 0 Å². The Kier molecular flexibility index (Phi) is 4.25. The molecule has 1 aromatic carbocycles. The van der Waals surface area contributed by atoms with Crippen LogP contribution in [0.4, 0.5) is 4.39 Å². The zero-order valence-electron chi connectivity index (χ0n) is 9.42. The van der Waals surface area contributed by atoms with Gasteiger partial charge in [0.25, 0.3) is 0 Å². The van der Waals surface area contributed by atoms with Crippen LogP contribution in [0.25, 0.3) is 0 Å². The van der Waals surface area contributed by atoms with E-state index in [1.165, 1.54) is 42.1 Å². The molecule has 0 unspecified atom stereocenters. The first-order chi connectivity index (χ1) is 8.75. The second kappa shape index (κ2) is 6.12. The highest BCUT2D eigenvalue weighted by Gasteiger charge is 2.01. The molecule has 0 spiro atoms. The number of ketones is 1. The Balaban J connectivity index is 1.97. The number of pyridine rings is 1. The molecule has 1 heterocycles. The molecule has 0 saturated carbocycles. The number of allylic oxidation sites excluding steroid dienone is 1. The molecule has 0 saturated heterocycles. The molecule has 0 fully saturated rings. The summed E-state index contributed by atoms with van der Waals surface area (Å²) in [4.78, 5) is 15.8. The number of aromatic nitrogens is 1. The lowest BCUT2D eigenvalue weighted by Gasteiger charge is -1.95. The Hall–Kier alpha value is -1.94. The molecule has 0 bridgehead atoms. The van der Waals surface area contributed by atoms with Crippen LogP contribution in [0.15, 0.2) is 65.2 Å². The van der Waals surface area contributed by atoms with Crippen LogP contribution in [0.5, 0.6) is 0 Å². The topological polar surface area (TPSA) is 30.0 Å². The summed E-state index contributed by atoms with van der Waals surface area (Å²) in [7, 11) is 0. The first kappa shape index (κ1) is 12.5. The molecule has 0 amide bonds. The standard InChI is InChI=1S/C14H10FNOS/c15-12-6-4-11(5-7-12)13(17)8-10-18-14-3-1-2-9-16-14/h1-10H. The van der Waals surface area contributed by atoms with Gasteiger partial charge in [0, 0.05) is 11.8 Å². The quantitative estimate of drug-likeness (QED) is 0.476. The largest absolute Gasteiger partial charge is 0.289 e. The third-order valence-corrected chi connectivity index (χ3v) is 2.93.